The molecule has 0 saturated heterocycles. The minimum atomic E-state index is -4.85. The van der Waals surface area contributed by atoms with Crippen molar-refractivity contribution in [3.05, 3.63) is 48.0 Å². The quantitative estimate of drug-likeness (QED) is 0.523. The highest BCUT2D eigenvalue weighted by molar-refractivity contribution is 7.92. The molecule has 0 aliphatic rings. The summed E-state index contributed by atoms with van der Waals surface area (Å²) in [5.74, 6) is 0. The van der Waals surface area contributed by atoms with Crippen molar-refractivity contribution in [1.29, 1.82) is 0 Å². The van der Waals surface area contributed by atoms with E-state index < -0.39 is 47.4 Å². The van der Waals surface area contributed by atoms with Crippen molar-refractivity contribution in [2.24, 2.45) is 0 Å². The third-order valence-electron chi connectivity index (χ3n) is 3.02. The Hall–Kier alpha value is -2.31. The van der Waals surface area contributed by atoms with Crippen molar-refractivity contribution < 1.29 is 34.6 Å². The van der Waals surface area contributed by atoms with Crippen LogP contribution in [0.15, 0.2) is 52.3 Å². The second kappa shape index (κ2) is 7.13. The minimum absolute atomic E-state index is 0. The summed E-state index contributed by atoms with van der Waals surface area (Å²) in [7, 11) is -9.03. The Labute approximate surface area is 148 Å². The number of benzene rings is 2. The smallest absolute Gasteiger partial charge is 0.398 e. The lowest BCUT2D eigenvalue weighted by Crippen LogP contribution is -2.16. The first kappa shape index (κ1) is 21.7. The van der Waals surface area contributed by atoms with Gasteiger partial charge in [-0.1, -0.05) is 13.5 Å². The molecule has 0 saturated carbocycles. The third kappa shape index (κ3) is 4.86. The van der Waals surface area contributed by atoms with E-state index in [4.69, 9.17) is 10.3 Å². The molecule has 144 valence electrons. The number of anilines is 2. The fourth-order valence-electron chi connectivity index (χ4n) is 1.88. The van der Waals surface area contributed by atoms with Gasteiger partial charge in [-0.2, -0.15) is 21.6 Å². The van der Waals surface area contributed by atoms with Crippen LogP contribution in [0, 0.1) is 0 Å². The van der Waals surface area contributed by atoms with Gasteiger partial charge in [0.25, 0.3) is 20.1 Å². The molecule has 4 N–H and O–H groups in total. The lowest BCUT2D eigenvalue weighted by atomic mass is 10.2. The van der Waals surface area contributed by atoms with Gasteiger partial charge in [0.05, 0.1) is 21.0 Å². The Balaban J connectivity index is 0.00000338. The van der Waals surface area contributed by atoms with Crippen LogP contribution in [0.1, 0.15) is 13.0 Å². The molecule has 0 heterocycles. The van der Waals surface area contributed by atoms with Crippen LogP contribution >= 0.6 is 0 Å². The number of alkyl halides is 3. The Bertz CT molecular complexity index is 1020. The van der Waals surface area contributed by atoms with E-state index in [1.165, 1.54) is 0 Å². The summed E-state index contributed by atoms with van der Waals surface area (Å²) in [5.41, 5.74) is 2.99. The molecule has 2 aromatic carbocycles. The van der Waals surface area contributed by atoms with Crippen LogP contribution in [0.3, 0.4) is 0 Å². The molecule has 26 heavy (non-hydrogen) atoms. The third-order valence-corrected chi connectivity index (χ3v) is 5.25. The number of hydrogen-bond acceptors (Lipinski definition) is 5. The number of nitrogen functional groups attached to an aromatic ring is 1. The first-order chi connectivity index (χ1) is 11.3. The van der Waals surface area contributed by atoms with E-state index >= 15 is 0 Å². The van der Waals surface area contributed by atoms with E-state index in [1.807, 2.05) is 4.72 Å². The summed E-state index contributed by atoms with van der Waals surface area (Å²) in [4.78, 5) is -1.30. The largest absolute Gasteiger partial charge is 0.418 e. The monoisotopic (exact) mass is 412 g/mol. The maximum absolute atomic E-state index is 12.8. The van der Waals surface area contributed by atoms with E-state index in [1.54, 1.807) is 0 Å². The summed E-state index contributed by atoms with van der Waals surface area (Å²) >= 11 is 0. The lowest BCUT2D eigenvalue weighted by Gasteiger charge is -2.13. The average Bonchev–Trinajstić information content (AvgIpc) is 2.45. The van der Waals surface area contributed by atoms with E-state index in [0.29, 0.717) is 6.07 Å². The number of sulfonamides is 1. The number of halogens is 3. The normalized spacial score (nSPS) is 12.3. The van der Waals surface area contributed by atoms with Crippen LogP contribution in [0.5, 0.6) is 0 Å². The van der Waals surface area contributed by atoms with Gasteiger partial charge in [-0.15, -0.1) is 0 Å². The van der Waals surface area contributed by atoms with Gasteiger partial charge in [0.1, 0.15) is 0 Å². The van der Waals surface area contributed by atoms with Crippen molar-refractivity contribution in [3.8, 4) is 0 Å². The number of rotatable bonds is 4. The zero-order chi connectivity index (χ0) is 19.0. The van der Waals surface area contributed by atoms with Gasteiger partial charge in [-0.25, -0.2) is 8.42 Å². The van der Waals surface area contributed by atoms with Gasteiger partial charge in [-0.05, 0) is 36.4 Å². The molecule has 0 bridgehead atoms. The molecule has 0 fully saturated rings. The zero-order valence-corrected chi connectivity index (χ0v) is 13.8. The van der Waals surface area contributed by atoms with Crippen LogP contribution in [-0.2, 0) is 26.3 Å². The van der Waals surface area contributed by atoms with Crippen LogP contribution < -0.4 is 10.5 Å². The second-order valence-corrected chi connectivity index (χ2v) is 7.96. The summed E-state index contributed by atoms with van der Waals surface area (Å²) < 4.78 is 95.9. The average molecular weight is 412 g/mol. The maximum atomic E-state index is 12.8. The van der Waals surface area contributed by atoms with Gasteiger partial charge in [0.2, 0.25) is 0 Å². The van der Waals surface area contributed by atoms with Crippen LogP contribution in [0.25, 0.3) is 0 Å². The zero-order valence-electron chi connectivity index (χ0n) is 12.1. The highest BCUT2D eigenvalue weighted by atomic mass is 32.2. The molecule has 0 aliphatic carbocycles. The summed E-state index contributed by atoms with van der Waals surface area (Å²) in [5, 5.41) is 0. The fraction of sp³-hybridized carbons (Fsp3) is 0.143. The van der Waals surface area contributed by atoms with Crippen molar-refractivity contribution in [2.75, 3.05) is 10.5 Å². The molecule has 0 atom stereocenters. The minimum Gasteiger partial charge on any atom is -0.398 e. The Morgan fingerprint density at radius 1 is 0.962 bits per heavy atom. The Morgan fingerprint density at radius 3 is 2.12 bits per heavy atom. The summed E-state index contributed by atoms with van der Waals surface area (Å²) in [6, 6.07) is 6.17. The van der Waals surface area contributed by atoms with E-state index in [2.05, 4.69) is 0 Å². The van der Waals surface area contributed by atoms with Crippen molar-refractivity contribution in [3.63, 3.8) is 0 Å². The fourth-order valence-corrected chi connectivity index (χ4v) is 3.48. The maximum Gasteiger partial charge on any atom is 0.418 e. The predicted molar refractivity (Wildman–Crippen MR) is 89.7 cm³/mol. The molecule has 0 radical (unpaired) electrons. The van der Waals surface area contributed by atoms with Crippen LogP contribution in [0.2, 0.25) is 0 Å². The van der Waals surface area contributed by atoms with E-state index in [0.717, 1.165) is 36.4 Å². The lowest BCUT2D eigenvalue weighted by molar-refractivity contribution is -0.137. The van der Waals surface area contributed by atoms with Crippen LogP contribution in [-0.4, -0.2) is 21.4 Å². The predicted octanol–water partition coefficient (Wildman–Crippen LogP) is 2.97. The van der Waals surface area contributed by atoms with Crippen molar-refractivity contribution in [1.82, 2.24) is 0 Å². The van der Waals surface area contributed by atoms with Crippen molar-refractivity contribution >= 4 is 31.5 Å². The molecule has 7 nitrogen and oxygen atoms in total. The van der Waals surface area contributed by atoms with Crippen LogP contribution in [0.4, 0.5) is 24.5 Å². The van der Waals surface area contributed by atoms with E-state index in [9.17, 15) is 30.0 Å². The molecule has 12 heteroatoms. The Morgan fingerprint density at radius 2 is 1.58 bits per heavy atom. The second-order valence-electron chi connectivity index (χ2n) is 4.86. The van der Waals surface area contributed by atoms with Gasteiger partial charge in [0, 0.05) is 5.69 Å². The summed E-state index contributed by atoms with van der Waals surface area (Å²) in [6.07, 6.45) is -4.85. The molecule has 2 aromatic rings. The molecule has 0 aromatic heterocycles. The van der Waals surface area contributed by atoms with Gasteiger partial charge < -0.3 is 5.73 Å². The number of hydrogen-bond donors (Lipinski definition) is 3. The van der Waals surface area contributed by atoms with Gasteiger partial charge in [-0.3, -0.25) is 9.27 Å². The molecule has 2 rings (SSSR count). The molecule has 0 aliphatic heterocycles. The molecule has 0 spiro atoms. The number of nitrogens with two attached hydrogens (primary N) is 1. The molecular formula is C14H15F3N2O5S2. The topological polar surface area (TPSA) is 127 Å². The van der Waals surface area contributed by atoms with E-state index in [-0.39, 0.29) is 13.1 Å². The first-order valence-corrected chi connectivity index (χ1v) is 9.30. The highest BCUT2D eigenvalue weighted by Gasteiger charge is 2.34. The number of nitrogens with one attached hydrogen (secondary N) is 1. The van der Waals surface area contributed by atoms with Gasteiger partial charge in [0.15, 0.2) is 0 Å². The first-order valence-electron chi connectivity index (χ1n) is 6.38. The molecule has 0 amide bonds. The molecule has 0 unspecified atom stereocenters. The summed E-state index contributed by atoms with van der Waals surface area (Å²) in [6.45, 7) is 0. The van der Waals surface area contributed by atoms with Gasteiger partial charge >= 0.3 is 6.18 Å². The Kier molecular flexibility index (Phi) is 5.96. The SMILES string of the molecule is C.Nc1ccc(S(=O)(=O)Nc2cccc(S(=O)(=O)O)c2)cc1C(F)(F)F. The van der Waals surface area contributed by atoms with Crippen molar-refractivity contribution in [2.45, 2.75) is 23.4 Å². The highest BCUT2D eigenvalue weighted by Crippen LogP contribution is 2.35. The molecular weight excluding hydrogens is 397 g/mol. The standard InChI is InChI=1S/C13H11F3N2O5S2.CH4/c14-13(15,16)11-7-9(4-5-12(11)17)24(19,20)18-8-2-1-3-10(6-8)25(21,22)23;/h1-7,18H,17H2,(H,21,22,23);1H4.